The van der Waals surface area contributed by atoms with Gasteiger partial charge in [-0.3, -0.25) is 9.88 Å². The topological polar surface area (TPSA) is 83.0 Å². The Morgan fingerprint density at radius 1 is 0.760 bits per heavy atom. The zero-order valence-electron chi connectivity index (χ0n) is 26.9. The van der Waals surface area contributed by atoms with Crippen LogP contribution in [0.5, 0.6) is 0 Å². The number of nitrogens with zero attached hydrogens (tertiary/aromatic N) is 4. The summed E-state index contributed by atoms with van der Waals surface area (Å²) < 4.78 is 77.4. The highest BCUT2D eigenvalue weighted by molar-refractivity contribution is 6.02. The number of fused-ring (bicyclic) bond motifs is 2. The summed E-state index contributed by atoms with van der Waals surface area (Å²) in [5.41, 5.74) is 3.88. The molecule has 2 N–H and O–H groups in total. The molecule has 0 spiro atoms. The number of rotatable bonds is 3. The number of hydrogen-bond donors (Lipinski definition) is 2. The summed E-state index contributed by atoms with van der Waals surface area (Å²) in [4.78, 5) is 27.4. The Morgan fingerprint density at radius 3 is 2.02 bits per heavy atom. The van der Waals surface area contributed by atoms with E-state index in [-0.39, 0.29) is 6.03 Å². The van der Waals surface area contributed by atoms with Gasteiger partial charge in [-0.05, 0) is 91.8 Å². The molecule has 50 heavy (non-hydrogen) atoms. The van der Waals surface area contributed by atoms with Crippen LogP contribution >= 0.6 is 0 Å². The van der Waals surface area contributed by atoms with Gasteiger partial charge >= 0.3 is 18.4 Å². The monoisotopic (exact) mass is 690 g/mol. The summed E-state index contributed by atoms with van der Waals surface area (Å²) in [6.45, 7) is 3.20. The maximum atomic E-state index is 13.1. The molecule has 7 rings (SSSR count). The summed E-state index contributed by atoms with van der Waals surface area (Å²) >= 11 is 0. The van der Waals surface area contributed by atoms with Crippen LogP contribution in [0.25, 0.3) is 22.5 Å². The molecule has 258 valence electrons. The standard InChI is InChI=1S/C22H19F3N4O.C15H13F3N2/c1-14-10-18(13-26-12-14)27-21(30)29-9-3-5-15-7-8-19(28-20(15)29)16-4-2-6-17(11-16)22(23,24)25;16-15(17,18)12-5-1-3-11(9-12)13-7-6-10-4-2-8-19-14(10)20-13/h2,4,6-8,10-13H,3,5,9H2,1H3,(H,27,30);1,3,5-7,9H,2,4,8H2,(H,19,20). The molecule has 3 aromatic heterocycles. The van der Waals surface area contributed by atoms with Crippen molar-refractivity contribution >= 4 is 23.4 Å². The van der Waals surface area contributed by atoms with Gasteiger partial charge in [0.2, 0.25) is 0 Å². The SMILES string of the molecule is Cc1cncc(NC(=O)N2CCCc3ccc(-c4cccc(C(F)(F)F)c4)nc32)c1.FC(F)(F)c1cccc(-c2ccc3c(n2)NCCC3)c1. The van der Waals surface area contributed by atoms with Crippen molar-refractivity contribution in [3.63, 3.8) is 0 Å². The van der Waals surface area contributed by atoms with Crippen LogP contribution in [-0.2, 0) is 25.2 Å². The third-order valence-electron chi connectivity index (χ3n) is 8.28. The fraction of sp³-hybridized carbons (Fsp3) is 0.243. The lowest BCUT2D eigenvalue weighted by molar-refractivity contribution is -0.138. The van der Waals surface area contributed by atoms with Gasteiger partial charge in [0.1, 0.15) is 11.6 Å². The van der Waals surface area contributed by atoms with Crippen molar-refractivity contribution in [1.82, 2.24) is 15.0 Å². The van der Waals surface area contributed by atoms with Crippen molar-refractivity contribution in [1.29, 1.82) is 0 Å². The fourth-order valence-corrected chi connectivity index (χ4v) is 5.81. The Bertz CT molecular complexity index is 2010. The van der Waals surface area contributed by atoms with Gasteiger partial charge in [0.15, 0.2) is 0 Å². The molecule has 2 amide bonds. The van der Waals surface area contributed by atoms with Crippen molar-refractivity contribution in [2.45, 2.75) is 45.0 Å². The number of nitrogens with one attached hydrogen (secondary N) is 2. The molecule has 0 bridgehead atoms. The molecule has 2 aliphatic heterocycles. The number of pyridine rings is 3. The number of benzene rings is 2. The highest BCUT2D eigenvalue weighted by Crippen LogP contribution is 2.35. The van der Waals surface area contributed by atoms with E-state index >= 15 is 0 Å². The predicted octanol–water partition coefficient (Wildman–Crippen LogP) is 9.58. The number of anilines is 3. The minimum Gasteiger partial charge on any atom is -0.370 e. The number of carbonyl (C=O) groups is 1. The van der Waals surface area contributed by atoms with Crippen molar-refractivity contribution in [3.05, 3.63) is 119 Å². The summed E-state index contributed by atoms with van der Waals surface area (Å²) in [6, 6.07) is 19.0. The van der Waals surface area contributed by atoms with E-state index < -0.39 is 23.5 Å². The second-order valence-corrected chi connectivity index (χ2v) is 12.0. The lowest BCUT2D eigenvalue weighted by Gasteiger charge is -2.29. The van der Waals surface area contributed by atoms with E-state index in [1.54, 1.807) is 36.7 Å². The van der Waals surface area contributed by atoms with E-state index in [0.717, 1.165) is 79.0 Å². The first kappa shape index (κ1) is 34.4. The molecule has 0 aliphatic carbocycles. The number of hydrogen-bond acceptors (Lipinski definition) is 5. The minimum atomic E-state index is -4.43. The lowest BCUT2D eigenvalue weighted by Crippen LogP contribution is -2.39. The number of carbonyl (C=O) groups excluding carboxylic acids is 1. The molecule has 7 nitrogen and oxygen atoms in total. The third-order valence-corrected chi connectivity index (χ3v) is 8.28. The van der Waals surface area contributed by atoms with Crippen molar-refractivity contribution in [3.8, 4) is 22.5 Å². The van der Waals surface area contributed by atoms with Crippen molar-refractivity contribution in [2.24, 2.45) is 0 Å². The van der Waals surface area contributed by atoms with Gasteiger partial charge in [0.05, 0.1) is 34.4 Å². The lowest BCUT2D eigenvalue weighted by atomic mass is 10.0. The van der Waals surface area contributed by atoms with Crippen LogP contribution in [0.2, 0.25) is 0 Å². The second-order valence-electron chi connectivity index (χ2n) is 12.0. The van der Waals surface area contributed by atoms with Crippen LogP contribution in [0.15, 0.2) is 91.3 Å². The Hall–Kier alpha value is -5.46. The van der Waals surface area contributed by atoms with Gasteiger partial charge < -0.3 is 10.6 Å². The smallest absolute Gasteiger partial charge is 0.370 e. The fourth-order valence-electron chi connectivity index (χ4n) is 5.81. The summed E-state index contributed by atoms with van der Waals surface area (Å²) in [5, 5.41) is 6.00. The number of amides is 2. The number of aryl methyl sites for hydroxylation is 3. The first-order valence-electron chi connectivity index (χ1n) is 15.9. The Balaban J connectivity index is 0.000000187. The molecule has 0 radical (unpaired) electrons. The predicted molar refractivity (Wildman–Crippen MR) is 180 cm³/mol. The van der Waals surface area contributed by atoms with Crippen LogP contribution in [0, 0.1) is 6.92 Å². The number of aromatic nitrogens is 3. The average molecular weight is 691 g/mol. The molecule has 13 heteroatoms. The van der Waals surface area contributed by atoms with Crippen LogP contribution < -0.4 is 15.5 Å². The molecule has 5 aromatic rings. The highest BCUT2D eigenvalue weighted by atomic mass is 19.4. The molecule has 5 heterocycles. The van der Waals surface area contributed by atoms with E-state index in [0.29, 0.717) is 40.6 Å². The summed E-state index contributed by atoms with van der Waals surface area (Å²) in [6.07, 6.45) is -1.98. The molecule has 2 aliphatic rings. The Morgan fingerprint density at radius 2 is 1.38 bits per heavy atom. The Labute approximate surface area is 284 Å². The maximum Gasteiger partial charge on any atom is 0.416 e. The Kier molecular flexibility index (Phi) is 9.76. The molecule has 0 fully saturated rings. The first-order chi connectivity index (χ1) is 23.8. The second kappa shape index (κ2) is 14.2. The average Bonchev–Trinajstić information content (AvgIpc) is 3.10. The van der Waals surface area contributed by atoms with Gasteiger partial charge in [-0.15, -0.1) is 0 Å². The van der Waals surface area contributed by atoms with Crippen LogP contribution in [-0.4, -0.2) is 34.1 Å². The van der Waals surface area contributed by atoms with E-state index in [1.165, 1.54) is 17.0 Å². The van der Waals surface area contributed by atoms with Crippen molar-refractivity contribution in [2.75, 3.05) is 28.6 Å². The first-order valence-corrected chi connectivity index (χ1v) is 15.9. The van der Waals surface area contributed by atoms with E-state index in [1.807, 2.05) is 25.1 Å². The van der Waals surface area contributed by atoms with E-state index in [9.17, 15) is 31.1 Å². The van der Waals surface area contributed by atoms with Crippen LogP contribution in [0.4, 0.5) is 48.5 Å². The quantitative estimate of drug-likeness (QED) is 0.184. The number of alkyl halides is 6. The van der Waals surface area contributed by atoms with Gasteiger partial charge in [0, 0.05) is 30.4 Å². The van der Waals surface area contributed by atoms with Crippen molar-refractivity contribution < 1.29 is 31.1 Å². The molecule has 0 saturated carbocycles. The zero-order valence-corrected chi connectivity index (χ0v) is 26.9. The zero-order chi connectivity index (χ0) is 35.5. The maximum absolute atomic E-state index is 13.1. The minimum absolute atomic E-state index is 0.349. The largest absolute Gasteiger partial charge is 0.416 e. The van der Waals surface area contributed by atoms with Gasteiger partial charge in [-0.2, -0.15) is 26.3 Å². The summed E-state index contributed by atoms with van der Waals surface area (Å²) in [5.74, 6) is 1.25. The van der Waals surface area contributed by atoms with E-state index in [2.05, 4.69) is 25.6 Å². The molecular formula is C37H32F6N6O. The third kappa shape index (κ3) is 8.04. The highest BCUT2D eigenvalue weighted by Gasteiger charge is 2.32. The molecule has 2 aromatic carbocycles. The van der Waals surface area contributed by atoms with Crippen LogP contribution in [0.3, 0.4) is 0 Å². The number of urea groups is 1. The molecule has 0 unspecified atom stereocenters. The number of halogens is 6. The van der Waals surface area contributed by atoms with Gasteiger partial charge in [0.25, 0.3) is 0 Å². The van der Waals surface area contributed by atoms with Gasteiger partial charge in [-0.25, -0.2) is 14.8 Å². The molecule has 0 atom stereocenters. The van der Waals surface area contributed by atoms with Gasteiger partial charge in [-0.1, -0.05) is 36.4 Å². The normalized spacial score (nSPS) is 14.0. The van der Waals surface area contributed by atoms with E-state index in [4.69, 9.17) is 0 Å². The van der Waals surface area contributed by atoms with Crippen LogP contribution in [0.1, 0.15) is 40.7 Å². The molecular weight excluding hydrogens is 658 g/mol. The summed E-state index contributed by atoms with van der Waals surface area (Å²) in [7, 11) is 0. The molecule has 0 saturated heterocycles.